The van der Waals surface area contributed by atoms with Crippen molar-refractivity contribution in [3.8, 4) is 0 Å². The van der Waals surface area contributed by atoms with Crippen LogP contribution in [-0.2, 0) is 0 Å². The fraction of sp³-hybridized carbons (Fsp3) is 1.00. The third-order valence-electron chi connectivity index (χ3n) is 2.34. The van der Waals surface area contributed by atoms with Gasteiger partial charge < -0.3 is 5.32 Å². The maximum Gasteiger partial charge on any atom is 0.0384 e. The topological polar surface area (TPSA) is 27.3 Å². The van der Waals surface area contributed by atoms with Crippen LogP contribution in [0.2, 0.25) is 0 Å². The van der Waals surface area contributed by atoms with Crippen LogP contribution in [0.25, 0.3) is 0 Å². The van der Waals surface area contributed by atoms with Gasteiger partial charge in [0, 0.05) is 25.2 Å². The quantitative estimate of drug-likeness (QED) is 0.481. The number of piperazine rings is 1. The monoisotopic (exact) mass is 127 g/mol. The highest BCUT2D eigenvalue weighted by Gasteiger charge is 2.36. The summed E-state index contributed by atoms with van der Waals surface area (Å²) in [6.07, 6.45) is 1.33. The summed E-state index contributed by atoms with van der Waals surface area (Å²) < 4.78 is 0. The van der Waals surface area contributed by atoms with Gasteiger partial charge in [-0.3, -0.25) is 5.43 Å². The van der Waals surface area contributed by atoms with Gasteiger partial charge in [-0.05, 0) is 13.5 Å². The van der Waals surface area contributed by atoms with Crippen molar-refractivity contribution >= 4 is 0 Å². The van der Waals surface area contributed by atoms with Crippen LogP contribution < -0.4 is 10.7 Å². The molecule has 2 rings (SSSR count). The van der Waals surface area contributed by atoms with Gasteiger partial charge in [-0.2, -0.15) is 0 Å². The molecule has 2 aliphatic heterocycles. The van der Waals surface area contributed by atoms with E-state index in [9.17, 15) is 0 Å². The molecule has 52 valence electrons. The zero-order valence-corrected chi connectivity index (χ0v) is 5.72. The molecule has 0 spiro atoms. The zero-order valence-electron chi connectivity index (χ0n) is 5.72. The number of hydrogen-bond donors (Lipinski definition) is 2. The number of hydrazine groups is 1. The number of nitrogens with zero attached hydrogens (tertiary/aromatic N) is 1. The van der Waals surface area contributed by atoms with Crippen molar-refractivity contribution in [3.05, 3.63) is 0 Å². The van der Waals surface area contributed by atoms with E-state index in [2.05, 4.69) is 15.8 Å². The number of hydrogen-bond acceptors (Lipinski definition) is 3. The predicted molar refractivity (Wildman–Crippen MR) is 36.0 cm³/mol. The van der Waals surface area contributed by atoms with Gasteiger partial charge in [-0.25, -0.2) is 5.01 Å². The van der Waals surface area contributed by atoms with E-state index in [0.717, 1.165) is 12.1 Å². The second-order valence-corrected chi connectivity index (χ2v) is 2.87. The highest BCUT2D eigenvalue weighted by atomic mass is 15.5. The van der Waals surface area contributed by atoms with Crippen molar-refractivity contribution in [2.45, 2.75) is 18.5 Å². The van der Waals surface area contributed by atoms with Gasteiger partial charge in [0.2, 0.25) is 0 Å². The molecular formula is C6H13N3. The lowest BCUT2D eigenvalue weighted by Gasteiger charge is -2.25. The minimum atomic E-state index is 0.764. The Balaban J connectivity index is 2.01. The number of rotatable bonds is 1. The molecule has 2 fully saturated rings. The molecule has 0 aromatic carbocycles. The summed E-state index contributed by atoms with van der Waals surface area (Å²) in [4.78, 5) is 0. The summed E-state index contributed by atoms with van der Waals surface area (Å²) in [6, 6.07) is 1.53. The first-order valence-corrected chi connectivity index (χ1v) is 3.57. The average molecular weight is 127 g/mol. The van der Waals surface area contributed by atoms with E-state index in [-0.39, 0.29) is 0 Å². The Kier molecular flexibility index (Phi) is 1.22. The summed E-state index contributed by atoms with van der Waals surface area (Å²) in [5, 5.41) is 5.76. The third-order valence-corrected chi connectivity index (χ3v) is 2.34. The van der Waals surface area contributed by atoms with Crippen LogP contribution >= 0.6 is 0 Å². The molecule has 0 aromatic heterocycles. The predicted octanol–water partition coefficient (Wildman–Crippen LogP) is -0.833. The molecule has 2 heterocycles. The lowest BCUT2D eigenvalue weighted by molar-refractivity contribution is 0.167. The van der Waals surface area contributed by atoms with E-state index in [1.807, 2.05) is 7.05 Å². The number of nitrogens with one attached hydrogen (secondary N) is 2. The van der Waals surface area contributed by atoms with Crippen molar-refractivity contribution < 1.29 is 0 Å². The largest absolute Gasteiger partial charge is 0.311 e. The third kappa shape index (κ3) is 0.764. The maximum absolute atomic E-state index is 3.44. The Labute approximate surface area is 55.4 Å². The van der Waals surface area contributed by atoms with Crippen molar-refractivity contribution in [1.29, 1.82) is 0 Å². The Morgan fingerprint density at radius 3 is 2.89 bits per heavy atom. The van der Waals surface area contributed by atoms with Gasteiger partial charge in [-0.15, -0.1) is 0 Å². The smallest absolute Gasteiger partial charge is 0.0384 e. The molecule has 9 heavy (non-hydrogen) atoms. The zero-order chi connectivity index (χ0) is 6.27. The molecule has 0 saturated carbocycles. The standard InChI is InChI=1S/C6H13N3/c1-7-9-4-5-2-6(9)3-8-5/h5-8H,2-4H2,1H3. The molecule has 0 aliphatic carbocycles. The highest BCUT2D eigenvalue weighted by Crippen LogP contribution is 2.20. The second kappa shape index (κ2) is 1.94. The molecule has 0 aromatic rings. The fourth-order valence-corrected chi connectivity index (χ4v) is 1.83. The van der Waals surface area contributed by atoms with E-state index in [4.69, 9.17) is 0 Å². The van der Waals surface area contributed by atoms with Gasteiger partial charge in [0.1, 0.15) is 0 Å². The van der Waals surface area contributed by atoms with E-state index >= 15 is 0 Å². The first kappa shape index (κ1) is 5.65. The molecule has 2 atom stereocenters. The normalized spacial score (nSPS) is 42.3. The average Bonchev–Trinajstić information content (AvgIpc) is 2.45. The van der Waals surface area contributed by atoms with Crippen molar-refractivity contribution in [2.24, 2.45) is 0 Å². The first-order chi connectivity index (χ1) is 4.40. The van der Waals surface area contributed by atoms with Crippen molar-refractivity contribution in [2.75, 3.05) is 20.1 Å². The highest BCUT2D eigenvalue weighted by molar-refractivity contribution is 4.95. The minimum Gasteiger partial charge on any atom is -0.311 e. The molecular weight excluding hydrogens is 114 g/mol. The lowest BCUT2D eigenvalue weighted by Crippen LogP contribution is -2.48. The van der Waals surface area contributed by atoms with Crippen LogP contribution in [0.4, 0.5) is 0 Å². The fourth-order valence-electron chi connectivity index (χ4n) is 1.83. The summed E-state index contributed by atoms with van der Waals surface area (Å²) in [6.45, 7) is 2.35. The maximum atomic E-state index is 3.44. The Morgan fingerprint density at radius 2 is 2.56 bits per heavy atom. The first-order valence-electron chi connectivity index (χ1n) is 3.57. The Morgan fingerprint density at radius 1 is 1.67 bits per heavy atom. The molecule has 2 unspecified atom stereocenters. The van der Waals surface area contributed by atoms with Gasteiger partial charge >= 0.3 is 0 Å². The molecule has 3 heteroatoms. The van der Waals surface area contributed by atoms with Gasteiger partial charge in [0.05, 0.1) is 0 Å². The van der Waals surface area contributed by atoms with Gasteiger partial charge in [-0.1, -0.05) is 0 Å². The molecule has 2 saturated heterocycles. The van der Waals surface area contributed by atoms with E-state index in [1.54, 1.807) is 0 Å². The summed E-state index contributed by atoms with van der Waals surface area (Å²) in [5.74, 6) is 0. The summed E-state index contributed by atoms with van der Waals surface area (Å²) in [7, 11) is 2.00. The van der Waals surface area contributed by atoms with Crippen LogP contribution in [-0.4, -0.2) is 37.2 Å². The minimum absolute atomic E-state index is 0.764. The van der Waals surface area contributed by atoms with Crippen LogP contribution in [0.5, 0.6) is 0 Å². The molecule has 3 nitrogen and oxygen atoms in total. The lowest BCUT2D eigenvalue weighted by atomic mass is 10.2. The van der Waals surface area contributed by atoms with Crippen LogP contribution in [0.3, 0.4) is 0 Å². The Hall–Kier alpha value is -0.120. The molecule has 0 radical (unpaired) electrons. The van der Waals surface area contributed by atoms with Gasteiger partial charge in [0.25, 0.3) is 0 Å². The molecule has 2 N–H and O–H groups in total. The van der Waals surface area contributed by atoms with E-state index in [1.165, 1.54) is 19.5 Å². The van der Waals surface area contributed by atoms with Crippen molar-refractivity contribution in [1.82, 2.24) is 15.8 Å². The van der Waals surface area contributed by atoms with Crippen molar-refractivity contribution in [3.63, 3.8) is 0 Å². The van der Waals surface area contributed by atoms with Gasteiger partial charge in [0.15, 0.2) is 0 Å². The second-order valence-electron chi connectivity index (χ2n) is 2.87. The SMILES string of the molecule is CNN1CC2CC1CN2. The van der Waals surface area contributed by atoms with Crippen LogP contribution in [0.1, 0.15) is 6.42 Å². The molecule has 2 aliphatic rings. The van der Waals surface area contributed by atoms with Crippen LogP contribution in [0.15, 0.2) is 0 Å². The number of fused-ring (bicyclic) bond motifs is 2. The van der Waals surface area contributed by atoms with Crippen LogP contribution in [0, 0.1) is 0 Å². The van der Waals surface area contributed by atoms with E-state index in [0.29, 0.717) is 0 Å². The summed E-state index contributed by atoms with van der Waals surface area (Å²) in [5.41, 5.74) is 3.19. The molecule has 0 amide bonds. The van der Waals surface area contributed by atoms with E-state index < -0.39 is 0 Å². The summed E-state index contributed by atoms with van der Waals surface area (Å²) >= 11 is 0. The molecule has 2 bridgehead atoms. The Bertz CT molecular complexity index is 115.